The Bertz CT molecular complexity index is 661. The van der Waals surface area contributed by atoms with Crippen molar-refractivity contribution in [3.8, 4) is 0 Å². The van der Waals surface area contributed by atoms with Gasteiger partial charge in [0.2, 0.25) is 5.91 Å². The summed E-state index contributed by atoms with van der Waals surface area (Å²) in [6.45, 7) is 3.76. The highest BCUT2D eigenvalue weighted by Gasteiger charge is 2.52. The first-order chi connectivity index (χ1) is 12.8. The van der Waals surface area contributed by atoms with E-state index in [1.165, 1.54) is 0 Å². The van der Waals surface area contributed by atoms with Gasteiger partial charge >= 0.3 is 25.7 Å². The monoisotopic (exact) mass is 427 g/mol. The van der Waals surface area contributed by atoms with E-state index in [1.54, 1.807) is 0 Å². The van der Waals surface area contributed by atoms with Crippen molar-refractivity contribution in [1.29, 1.82) is 0 Å². The number of carbonyl (C=O) groups is 4. The molecular weight excluding hydrogens is 405 g/mol. The highest BCUT2D eigenvalue weighted by Crippen LogP contribution is 2.41. The molecule has 1 fully saturated rings. The number of nitrogens with one attached hydrogen (secondary N) is 1. The minimum Gasteiger partial charge on any atom is -0.463 e. The molecule has 28 heavy (non-hydrogen) atoms. The van der Waals surface area contributed by atoms with Gasteiger partial charge in [-0.25, -0.2) is 4.57 Å². The van der Waals surface area contributed by atoms with Gasteiger partial charge in [0.05, 0.1) is 0 Å². The van der Waals surface area contributed by atoms with Crippen LogP contribution in [0.25, 0.3) is 0 Å². The van der Waals surface area contributed by atoms with Gasteiger partial charge in [-0.1, -0.05) is 0 Å². The number of ether oxygens (including phenoxy) is 4. The van der Waals surface area contributed by atoms with E-state index in [0.29, 0.717) is 0 Å². The van der Waals surface area contributed by atoms with Crippen molar-refractivity contribution in [2.75, 3.05) is 6.61 Å². The van der Waals surface area contributed by atoms with Crippen molar-refractivity contribution < 1.29 is 57.0 Å². The van der Waals surface area contributed by atoms with Crippen LogP contribution in [-0.2, 0) is 47.2 Å². The highest BCUT2D eigenvalue weighted by molar-refractivity contribution is 7.46. The van der Waals surface area contributed by atoms with E-state index >= 15 is 0 Å². The molecule has 160 valence electrons. The van der Waals surface area contributed by atoms with E-state index in [9.17, 15) is 23.7 Å². The van der Waals surface area contributed by atoms with Gasteiger partial charge in [-0.15, -0.1) is 0 Å². The number of phosphoric ester groups is 1. The molecule has 0 aromatic heterocycles. The number of hydrogen-bond acceptors (Lipinski definition) is 10. The summed E-state index contributed by atoms with van der Waals surface area (Å²) in [4.78, 5) is 63.9. The average Bonchev–Trinajstić information content (AvgIpc) is 2.48. The zero-order chi connectivity index (χ0) is 21.6. The lowest BCUT2D eigenvalue weighted by Crippen LogP contribution is -2.66. The van der Waals surface area contributed by atoms with Crippen molar-refractivity contribution >= 4 is 31.6 Å². The van der Waals surface area contributed by atoms with Crippen molar-refractivity contribution in [3.63, 3.8) is 0 Å². The third kappa shape index (κ3) is 7.90. The summed E-state index contributed by atoms with van der Waals surface area (Å²) in [5.41, 5.74) is 0. The molecule has 1 unspecified atom stereocenters. The molecule has 3 N–H and O–H groups in total. The summed E-state index contributed by atoms with van der Waals surface area (Å²) in [5, 5.41) is 2.29. The topological polar surface area (TPSA) is 184 Å². The summed E-state index contributed by atoms with van der Waals surface area (Å²) in [7, 11) is -5.12. The molecule has 0 aromatic rings. The normalized spacial score (nSPS) is 27.4. The average molecular weight is 427 g/mol. The van der Waals surface area contributed by atoms with Crippen molar-refractivity contribution in [2.24, 2.45) is 0 Å². The molecule has 1 saturated heterocycles. The fourth-order valence-electron chi connectivity index (χ4n) is 2.52. The molecule has 5 atom stereocenters. The molecule has 0 aliphatic carbocycles. The highest BCUT2D eigenvalue weighted by atomic mass is 31.2. The number of hydrogen-bond donors (Lipinski definition) is 3. The molecule has 14 heteroatoms. The molecular formula is C14H22NO12P. The van der Waals surface area contributed by atoms with Crippen LogP contribution >= 0.6 is 7.82 Å². The molecule has 1 aliphatic heterocycles. The number of phosphoric acid groups is 1. The maximum absolute atomic E-state index is 11.5. The second kappa shape index (κ2) is 9.94. The molecule has 0 bridgehead atoms. The van der Waals surface area contributed by atoms with Gasteiger partial charge in [-0.05, 0) is 0 Å². The number of rotatable bonds is 7. The summed E-state index contributed by atoms with van der Waals surface area (Å²) >= 11 is 0. The van der Waals surface area contributed by atoms with E-state index in [1.807, 2.05) is 0 Å². The Labute approximate surface area is 159 Å². The SMILES string of the molecule is CC(=O)N[C@H]1C(OP(=O)(O)O)O[C@H](COC(C)=O)[C@@H](OC(C)=O)[C@@H]1OC(C)=O. The van der Waals surface area contributed by atoms with Crippen LogP contribution in [-0.4, -0.2) is 70.9 Å². The quantitative estimate of drug-likeness (QED) is 0.250. The third-order valence-corrected chi connectivity index (χ3v) is 3.79. The lowest BCUT2D eigenvalue weighted by Gasteiger charge is -2.44. The van der Waals surface area contributed by atoms with Crippen LogP contribution in [0, 0.1) is 0 Å². The Balaban J connectivity index is 3.34. The maximum Gasteiger partial charge on any atom is 0.472 e. The van der Waals surface area contributed by atoms with Gasteiger partial charge in [0.25, 0.3) is 0 Å². The first kappa shape index (κ1) is 24.0. The van der Waals surface area contributed by atoms with Crippen LogP contribution in [0.4, 0.5) is 0 Å². The van der Waals surface area contributed by atoms with Crippen LogP contribution in [0.3, 0.4) is 0 Å². The predicted molar refractivity (Wildman–Crippen MR) is 87.1 cm³/mol. The first-order valence-electron chi connectivity index (χ1n) is 7.94. The van der Waals surface area contributed by atoms with Gasteiger partial charge in [0.15, 0.2) is 18.5 Å². The Morgan fingerprint density at radius 3 is 1.93 bits per heavy atom. The fraction of sp³-hybridized carbons (Fsp3) is 0.714. The van der Waals surface area contributed by atoms with Gasteiger partial charge < -0.3 is 34.1 Å². The molecule has 1 rings (SSSR count). The standard InChI is InChI=1S/C14H22NO12P/c1-6(16)15-11-13(25-9(4)19)12(24-8(3)18)10(5-23-7(2)17)26-14(11)27-28(20,21)22/h10-14H,5H2,1-4H3,(H,15,16)(H2,20,21,22)/t10-,11-,12-,13-,14?/m1/s1. The van der Waals surface area contributed by atoms with Crippen LogP contribution in [0.15, 0.2) is 0 Å². The zero-order valence-corrected chi connectivity index (χ0v) is 16.4. The Morgan fingerprint density at radius 1 is 0.964 bits per heavy atom. The molecule has 0 saturated carbocycles. The van der Waals surface area contributed by atoms with Crippen molar-refractivity contribution in [2.45, 2.75) is 58.3 Å². The van der Waals surface area contributed by atoms with Crippen molar-refractivity contribution in [1.82, 2.24) is 5.32 Å². The van der Waals surface area contributed by atoms with Gasteiger partial charge in [-0.2, -0.15) is 0 Å². The lowest BCUT2D eigenvalue weighted by atomic mass is 9.96. The largest absolute Gasteiger partial charge is 0.472 e. The summed E-state index contributed by atoms with van der Waals surface area (Å²) in [6.07, 6.45) is -5.98. The molecule has 0 aromatic carbocycles. The lowest BCUT2D eigenvalue weighted by molar-refractivity contribution is -0.259. The molecule has 13 nitrogen and oxygen atoms in total. The van der Waals surface area contributed by atoms with Crippen molar-refractivity contribution in [3.05, 3.63) is 0 Å². The van der Waals surface area contributed by atoms with E-state index in [2.05, 4.69) is 9.84 Å². The van der Waals surface area contributed by atoms with E-state index in [-0.39, 0.29) is 0 Å². The second-order valence-electron chi connectivity index (χ2n) is 5.82. The zero-order valence-electron chi connectivity index (χ0n) is 15.5. The third-order valence-electron chi connectivity index (χ3n) is 3.31. The molecule has 0 radical (unpaired) electrons. The number of carbonyl (C=O) groups excluding carboxylic acids is 4. The summed E-state index contributed by atoms with van der Waals surface area (Å²) in [6, 6.07) is -1.45. The Morgan fingerprint density at radius 2 is 1.50 bits per heavy atom. The van der Waals surface area contributed by atoms with Gasteiger partial charge in [-0.3, -0.25) is 23.7 Å². The van der Waals surface area contributed by atoms with Crippen LogP contribution in [0.2, 0.25) is 0 Å². The predicted octanol–water partition coefficient (Wildman–Crippen LogP) is -1.25. The summed E-state index contributed by atoms with van der Waals surface area (Å²) in [5.74, 6) is -3.05. The van der Waals surface area contributed by atoms with E-state index in [0.717, 1.165) is 27.7 Å². The van der Waals surface area contributed by atoms with Crippen LogP contribution in [0.5, 0.6) is 0 Å². The van der Waals surface area contributed by atoms with Gasteiger partial charge in [0.1, 0.15) is 18.8 Å². The van der Waals surface area contributed by atoms with Gasteiger partial charge in [0, 0.05) is 27.7 Å². The van der Waals surface area contributed by atoms with Crippen LogP contribution < -0.4 is 5.32 Å². The minimum absolute atomic E-state index is 0.515. The Hall–Kier alpha value is -2.05. The molecule has 1 amide bonds. The maximum atomic E-state index is 11.5. The fourth-order valence-corrected chi connectivity index (χ4v) is 2.97. The van der Waals surface area contributed by atoms with E-state index < -0.39 is 68.9 Å². The first-order valence-corrected chi connectivity index (χ1v) is 9.47. The van der Waals surface area contributed by atoms with Crippen LogP contribution in [0.1, 0.15) is 27.7 Å². The second-order valence-corrected chi connectivity index (χ2v) is 7.01. The Kier molecular flexibility index (Phi) is 8.51. The smallest absolute Gasteiger partial charge is 0.463 e. The summed E-state index contributed by atoms with van der Waals surface area (Å²) < 4.78 is 36.3. The minimum atomic E-state index is -5.12. The number of esters is 3. The molecule has 0 spiro atoms. The molecule has 1 heterocycles. The van der Waals surface area contributed by atoms with E-state index in [4.69, 9.17) is 28.7 Å². The molecule has 1 aliphatic rings. The number of amides is 1.